The van der Waals surface area contributed by atoms with Crippen LogP contribution < -0.4 is 5.32 Å². The predicted octanol–water partition coefficient (Wildman–Crippen LogP) is 2.48. The van der Waals surface area contributed by atoms with Gasteiger partial charge in [0.1, 0.15) is 11.4 Å². The average Bonchev–Trinajstić information content (AvgIpc) is 2.16. The van der Waals surface area contributed by atoms with Gasteiger partial charge in [0.15, 0.2) is 5.82 Å². The van der Waals surface area contributed by atoms with E-state index in [1.165, 1.54) is 6.07 Å². The lowest BCUT2D eigenvalue weighted by molar-refractivity contribution is 0.0686. The van der Waals surface area contributed by atoms with E-state index in [0.29, 0.717) is 6.54 Å². The number of carboxylic acids is 1. The van der Waals surface area contributed by atoms with E-state index in [1.807, 2.05) is 6.92 Å². The zero-order valence-electron chi connectivity index (χ0n) is 8.18. The smallest absolute Gasteiger partial charge is 0.341 e. The highest BCUT2D eigenvalue weighted by molar-refractivity contribution is 5.89. The summed E-state index contributed by atoms with van der Waals surface area (Å²) in [6, 6.07) is 2.12. The number of aromatic carboxylic acids is 1. The van der Waals surface area contributed by atoms with E-state index in [4.69, 9.17) is 5.11 Å². The zero-order chi connectivity index (χ0) is 11.4. The van der Waals surface area contributed by atoms with Crippen LogP contribution >= 0.6 is 0 Å². The number of carboxylic acid groups (broad SMARTS) is 1. The second kappa shape index (κ2) is 4.72. The summed E-state index contributed by atoms with van der Waals surface area (Å²) in [5.41, 5.74) is -0.910. The van der Waals surface area contributed by atoms with Crippen LogP contribution in [0.1, 0.15) is 23.7 Å². The van der Waals surface area contributed by atoms with Crippen molar-refractivity contribution in [1.29, 1.82) is 0 Å². The number of hydrogen-bond acceptors (Lipinski definition) is 2. The molecule has 0 aliphatic carbocycles. The summed E-state index contributed by atoms with van der Waals surface area (Å²) in [5.74, 6) is -3.73. The molecule has 1 aromatic carbocycles. The van der Waals surface area contributed by atoms with Gasteiger partial charge in [0.05, 0.1) is 5.69 Å². The lowest BCUT2D eigenvalue weighted by atomic mass is 10.1. The molecule has 3 nitrogen and oxygen atoms in total. The zero-order valence-corrected chi connectivity index (χ0v) is 8.18. The van der Waals surface area contributed by atoms with Crippen LogP contribution in [0.2, 0.25) is 0 Å². The first kappa shape index (κ1) is 11.4. The van der Waals surface area contributed by atoms with E-state index in [-0.39, 0.29) is 5.69 Å². The Balaban J connectivity index is 3.11. The van der Waals surface area contributed by atoms with Gasteiger partial charge in [-0.2, -0.15) is 0 Å². The lowest BCUT2D eigenvalue weighted by Gasteiger charge is -2.08. The van der Waals surface area contributed by atoms with Crippen molar-refractivity contribution in [3.8, 4) is 0 Å². The first-order valence-electron chi connectivity index (χ1n) is 4.53. The molecule has 0 radical (unpaired) electrons. The minimum absolute atomic E-state index is 0.00986. The van der Waals surface area contributed by atoms with Crippen molar-refractivity contribution in [3.63, 3.8) is 0 Å². The van der Waals surface area contributed by atoms with Gasteiger partial charge in [-0.25, -0.2) is 13.6 Å². The summed E-state index contributed by atoms with van der Waals surface area (Å²) < 4.78 is 26.4. The number of benzene rings is 1. The second-order valence-electron chi connectivity index (χ2n) is 3.02. The maximum absolute atomic E-state index is 13.4. The molecule has 0 aliphatic heterocycles. The van der Waals surface area contributed by atoms with E-state index < -0.39 is 23.2 Å². The van der Waals surface area contributed by atoms with Crippen molar-refractivity contribution >= 4 is 11.7 Å². The molecule has 0 spiro atoms. The summed E-state index contributed by atoms with van der Waals surface area (Å²) >= 11 is 0. The van der Waals surface area contributed by atoms with E-state index >= 15 is 0 Å². The third-order valence-corrected chi connectivity index (χ3v) is 1.87. The monoisotopic (exact) mass is 215 g/mol. The minimum Gasteiger partial charge on any atom is -0.477 e. The minimum atomic E-state index is -1.61. The van der Waals surface area contributed by atoms with Crippen molar-refractivity contribution in [2.45, 2.75) is 13.3 Å². The third kappa shape index (κ3) is 2.43. The highest BCUT2D eigenvalue weighted by atomic mass is 19.1. The molecule has 0 unspecified atom stereocenters. The van der Waals surface area contributed by atoms with Gasteiger partial charge in [-0.1, -0.05) is 6.92 Å². The van der Waals surface area contributed by atoms with E-state index in [0.717, 1.165) is 12.5 Å². The van der Waals surface area contributed by atoms with Crippen molar-refractivity contribution in [1.82, 2.24) is 0 Å². The Hall–Kier alpha value is -1.65. The standard InChI is InChI=1S/C10H11F2NO2/c1-2-5-13-7-4-3-6(11)8(9(7)12)10(14)15/h3-4,13H,2,5H2,1H3,(H,14,15). The molecule has 82 valence electrons. The van der Waals surface area contributed by atoms with Crippen molar-refractivity contribution in [3.05, 3.63) is 29.3 Å². The summed E-state index contributed by atoms with van der Waals surface area (Å²) in [6.45, 7) is 2.38. The average molecular weight is 215 g/mol. The molecule has 0 amide bonds. The van der Waals surface area contributed by atoms with Gasteiger partial charge >= 0.3 is 5.97 Å². The predicted molar refractivity (Wildman–Crippen MR) is 52.1 cm³/mol. The molecule has 5 heteroatoms. The fraction of sp³-hybridized carbons (Fsp3) is 0.300. The van der Waals surface area contributed by atoms with Gasteiger partial charge in [0, 0.05) is 6.54 Å². The number of hydrogen-bond donors (Lipinski definition) is 2. The fourth-order valence-corrected chi connectivity index (χ4v) is 1.14. The molecular formula is C10H11F2NO2. The molecule has 1 aromatic rings. The van der Waals surface area contributed by atoms with E-state index in [1.54, 1.807) is 0 Å². The van der Waals surface area contributed by atoms with Gasteiger partial charge in [-0.3, -0.25) is 0 Å². The number of carbonyl (C=O) groups is 1. The maximum atomic E-state index is 13.4. The van der Waals surface area contributed by atoms with Gasteiger partial charge in [0.25, 0.3) is 0 Å². The molecule has 2 N–H and O–H groups in total. The molecule has 0 atom stereocenters. The van der Waals surface area contributed by atoms with Crippen LogP contribution in [-0.2, 0) is 0 Å². The van der Waals surface area contributed by atoms with Crippen molar-refractivity contribution in [2.24, 2.45) is 0 Å². The molecule has 0 saturated heterocycles. The molecule has 1 rings (SSSR count). The molecule has 0 heterocycles. The molecule has 15 heavy (non-hydrogen) atoms. The second-order valence-corrected chi connectivity index (χ2v) is 3.02. The van der Waals surface area contributed by atoms with Crippen molar-refractivity contribution in [2.75, 3.05) is 11.9 Å². The molecule has 0 bridgehead atoms. The first-order valence-corrected chi connectivity index (χ1v) is 4.53. The number of nitrogens with one attached hydrogen (secondary N) is 1. The van der Waals surface area contributed by atoms with Gasteiger partial charge in [-0.15, -0.1) is 0 Å². The fourth-order valence-electron chi connectivity index (χ4n) is 1.14. The lowest BCUT2D eigenvalue weighted by Crippen LogP contribution is -2.09. The number of halogens is 2. The van der Waals surface area contributed by atoms with Crippen LogP contribution in [0.4, 0.5) is 14.5 Å². The summed E-state index contributed by atoms with van der Waals surface area (Å²) in [4.78, 5) is 10.6. The Kier molecular flexibility index (Phi) is 3.60. The molecule has 0 fully saturated rings. The SMILES string of the molecule is CCCNc1ccc(F)c(C(=O)O)c1F. The molecular weight excluding hydrogens is 204 g/mol. The highest BCUT2D eigenvalue weighted by Crippen LogP contribution is 2.21. The summed E-state index contributed by atoms with van der Waals surface area (Å²) in [6.07, 6.45) is 0.763. The Morgan fingerprint density at radius 2 is 2.13 bits per heavy atom. The molecule has 0 aromatic heterocycles. The molecule has 0 saturated carbocycles. The van der Waals surface area contributed by atoms with E-state index in [2.05, 4.69) is 5.32 Å². The van der Waals surface area contributed by atoms with Crippen LogP contribution in [0, 0.1) is 11.6 Å². The van der Waals surface area contributed by atoms with Gasteiger partial charge in [0.2, 0.25) is 0 Å². The largest absolute Gasteiger partial charge is 0.477 e. The highest BCUT2D eigenvalue weighted by Gasteiger charge is 2.19. The van der Waals surface area contributed by atoms with Crippen LogP contribution in [0.15, 0.2) is 12.1 Å². The Morgan fingerprint density at radius 3 is 2.67 bits per heavy atom. The molecule has 0 aliphatic rings. The number of anilines is 1. The summed E-state index contributed by atoms with van der Waals surface area (Å²) in [5, 5.41) is 11.3. The summed E-state index contributed by atoms with van der Waals surface area (Å²) in [7, 11) is 0. The van der Waals surface area contributed by atoms with Crippen LogP contribution in [0.25, 0.3) is 0 Å². The van der Waals surface area contributed by atoms with Gasteiger partial charge < -0.3 is 10.4 Å². The number of rotatable bonds is 4. The van der Waals surface area contributed by atoms with E-state index in [9.17, 15) is 13.6 Å². The maximum Gasteiger partial charge on any atom is 0.341 e. The normalized spacial score (nSPS) is 10.1. The Bertz CT molecular complexity index is 380. The van der Waals surface area contributed by atoms with Crippen LogP contribution in [0.3, 0.4) is 0 Å². The third-order valence-electron chi connectivity index (χ3n) is 1.87. The first-order chi connectivity index (χ1) is 7.07. The van der Waals surface area contributed by atoms with Crippen LogP contribution in [-0.4, -0.2) is 17.6 Å². The Morgan fingerprint density at radius 1 is 1.47 bits per heavy atom. The van der Waals surface area contributed by atoms with Gasteiger partial charge in [-0.05, 0) is 18.6 Å². The topological polar surface area (TPSA) is 49.3 Å². The quantitative estimate of drug-likeness (QED) is 0.811. The van der Waals surface area contributed by atoms with Crippen LogP contribution in [0.5, 0.6) is 0 Å². The Labute approximate surface area is 85.7 Å². The van der Waals surface area contributed by atoms with Crippen molar-refractivity contribution < 1.29 is 18.7 Å².